The van der Waals surface area contributed by atoms with Crippen molar-refractivity contribution in [2.24, 2.45) is 46.3 Å². The highest BCUT2D eigenvalue weighted by atomic mass is 16.1. The van der Waals surface area contributed by atoms with Gasteiger partial charge in [-0.25, -0.2) is 0 Å². The average molecular weight is 483 g/mol. The van der Waals surface area contributed by atoms with Crippen LogP contribution in [0.15, 0.2) is 0 Å². The molecular weight excluding hydrogens is 424 g/mol. The van der Waals surface area contributed by atoms with Gasteiger partial charge >= 0.3 is 0 Å². The lowest BCUT2D eigenvalue weighted by atomic mass is 9.42. The molecule has 0 aliphatic heterocycles. The fraction of sp³-hybridized carbons (Fsp3) is 0.971. The molecule has 0 N–H and O–H groups in total. The lowest BCUT2D eigenvalue weighted by molar-refractivity contribution is -0.170. The Kier molecular flexibility index (Phi) is 8.71. The molecule has 1 heteroatoms. The number of carbonyl (C=O) groups excluding carboxylic acids is 1. The van der Waals surface area contributed by atoms with Gasteiger partial charge in [0.15, 0.2) is 0 Å². The second-order valence-electron chi connectivity index (χ2n) is 14.6. The average Bonchev–Trinajstić information content (AvgIpc) is 2.92. The fourth-order valence-corrected chi connectivity index (χ4v) is 10.3. The van der Waals surface area contributed by atoms with Crippen molar-refractivity contribution >= 4 is 5.78 Å². The van der Waals surface area contributed by atoms with Crippen LogP contribution in [0.25, 0.3) is 0 Å². The summed E-state index contributed by atoms with van der Waals surface area (Å²) in [7, 11) is 0. The van der Waals surface area contributed by atoms with Gasteiger partial charge in [-0.15, -0.1) is 0 Å². The van der Waals surface area contributed by atoms with Gasteiger partial charge in [0, 0.05) is 10.8 Å². The summed E-state index contributed by atoms with van der Waals surface area (Å²) in [6.45, 7) is 4.67. The van der Waals surface area contributed by atoms with Crippen molar-refractivity contribution in [1.29, 1.82) is 0 Å². The van der Waals surface area contributed by atoms with Crippen molar-refractivity contribution in [1.82, 2.24) is 0 Å². The molecule has 0 aromatic rings. The Labute approximate surface area is 218 Å². The molecule has 0 atom stereocenters. The van der Waals surface area contributed by atoms with Crippen LogP contribution in [0.5, 0.6) is 0 Å². The van der Waals surface area contributed by atoms with Gasteiger partial charge in [-0.05, 0) is 119 Å². The Morgan fingerprint density at radius 1 is 0.543 bits per heavy atom. The Hall–Kier alpha value is -0.330. The highest BCUT2D eigenvalue weighted by molar-refractivity contribution is 5.96. The number of unbranched alkanes of at least 4 members (excludes halogenated alkanes) is 2. The van der Waals surface area contributed by atoms with Gasteiger partial charge in [0.2, 0.25) is 0 Å². The number of hydrogen-bond acceptors (Lipinski definition) is 1. The molecule has 35 heavy (non-hydrogen) atoms. The van der Waals surface area contributed by atoms with Gasteiger partial charge in [-0.3, -0.25) is 4.79 Å². The van der Waals surface area contributed by atoms with Crippen molar-refractivity contribution < 1.29 is 4.79 Å². The van der Waals surface area contributed by atoms with Crippen LogP contribution < -0.4 is 0 Å². The van der Waals surface area contributed by atoms with E-state index in [1.165, 1.54) is 148 Å². The zero-order valence-corrected chi connectivity index (χ0v) is 23.6. The molecule has 5 saturated carbocycles. The second kappa shape index (κ2) is 11.6. The maximum Gasteiger partial charge on any atom is 0.145 e. The zero-order chi connectivity index (χ0) is 24.3. The summed E-state index contributed by atoms with van der Waals surface area (Å²) in [5, 5.41) is 0. The monoisotopic (exact) mass is 482 g/mol. The molecule has 0 amide bonds. The molecule has 200 valence electrons. The first-order chi connectivity index (χ1) is 17.1. The molecule has 0 saturated heterocycles. The van der Waals surface area contributed by atoms with E-state index in [1.807, 2.05) is 0 Å². The maximum atomic E-state index is 13.8. The summed E-state index contributed by atoms with van der Waals surface area (Å²) in [6, 6.07) is 0. The third-order valence-corrected chi connectivity index (χ3v) is 12.7. The first-order valence-corrected chi connectivity index (χ1v) is 16.6. The first kappa shape index (κ1) is 26.3. The van der Waals surface area contributed by atoms with E-state index in [-0.39, 0.29) is 10.8 Å². The van der Waals surface area contributed by atoms with Gasteiger partial charge in [-0.1, -0.05) is 78.1 Å². The summed E-state index contributed by atoms with van der Waals surface area (Å²) in [4.78, 5) is 13.8. The molecule has 2 spiro atoms. The minimum absolute atomic E-state index is 0.138. The summed E-state index contributed by atoms with van der Waals surface area (Å²) in [6.07, 6.45) is 32.3. The van der Waals surface area contributed by atoms with Crippen molar-refractivity contribution in [2.45, 2.75) is 162 Å². The predicted molar refractivity (Wildman–Crippen MR) is 148 cm³/mol. The molecular formula is C34H58O. The van der Waals surface area contributed by atoms with Crippen LogP contribution in [0.4, 0.5) is 0 Å². The molecule has 1 nitrogen and oxygen atoms in total. The molecule has 0 radical (unpaired) electrons. The van der Waals surface area contributed by atoms with E-state index in [0.29, 0.717) is 0 Å². The molecule has 0 heterocycles. The minimum Gasteiger partial charge on any atom is -0.298 e. The van der Waals surface area contributed by atoms with Crippen LogP contribution in [-0.4, -0.2) is 5.78 Å². The van der Waals surface area contributed by atoms with Crippen LogP contribution in [0.2, 0.25) is 0 Å². The summed E-state index contributed by atoms with van der Waals surface area (Å²) < 4.78 is 0. The number of ketones is 1. The lowest BCUT2D eigenvalue weighted by Crippen LogP contribution is -2.60. The molecule has 0 bridgehead atoms. The van der Waals surface area contributed by atoms with E-state index in [1.54, 1.807) is 0 Å². The quantitative estimate of drug-likeness (QED) is 0.336. The van der Waals surface area contributed by atoms with Gasteiger partial charge in [0.05, 0.1) is 0 Å². The number of rotatable bonds is 8. The molecule has 0 unspecified atom stereocenters. The topological polar surface area (TPSA) is 17.1 Å². The molecule has 5 aliphatic rings. The van der Waals surface area contributed by atoms with E-state index in [0.717, 1.165) is 41.3 Å². The van der Waals surface area contributed by atoms with Gasteiger partial charge < -0.3 is 0 Å². The van der Waals surface area contributed by atoms with E-state index in [9.17, 15) is 4.79 Å². The van der Waals surface area contributed by atoms with E-state index in [2.05, 4.69) is 13.8 Å². The Morgan fingerprint density at radius 2 is 0.886 bits per heavy atom. The van der Waals surface area contributed by atoms with Crippen molar-refractivity contribution in [3.05, 3.63) is 0 Å². The Bertz CT molecular complexity index is 605. The standard InChI is InChI=1S/C34H58O/c1-3-5-7-26-9-13-28(14-10-26)30-17-21-33(22-18-30)25-34(32(33)35)23-19-31(20-24-34)29-15-11-27(12-16-29)8-6-4-2/h26-31H,3-25H2,1-2H3/t26-,27-,28-,29-,30?,31?,33?,34?. The fourth-order valence-electron chi connectivity index (χ4n) is 10.3. The SMILES string of the molecule is CCCC[C@H]1CC[C@H](C2CCC3(CC2)CC2(CCC([C@H]4CC[C@H](CCCC)CC4)CC2)C3=O)CC1. The van der Waals surface area contributed by atoms with E-state index in [4.69, 9.17) is 0 Å². The minimum atomic E-state index is 0.138. The number of carbonyl (C=O) groups is 1. The van der Waals surface area contributed by atoms with Crippen LogP contribution >= 0.6 is 0 Å². The summed E-state index contributed by atoms with van der Waals surface area (Å²) >= 11 is 0. The van der Waals surface area contributed by atoms with Crippen LogP contribution in [0.3, 0.4) is 0 Å². The van der Waals surface area contributed by atoms with Gasteiger partial charge in [0.25, 0.3) is 0 Å². The third kappa shape index (κ3) is 5.60. The largest absolute Gasteiger partial charge is 0.298 e. The molecule has 5 aliphatic carbocycles. The highest BCUT2D eigenvalue weighted by Gasteiger charge is 2.63. The Balaban J connectivity index is 1.03. The van der Waals surface area contributed by atoms with Crippen molar-refractivity contribution in [3.63, 3.8) is 0 Å². The Morgan fingerprint density at radius 3 is 1.20 bits per heavy atom. The van der Waals surface area contributed by atoms with Gasteiger partial charge in [-0.2, -0.15) is 0 Å². The zero-order valence-electron chi connectivity index (χ0n) is 23.6. The highest BCUT2D eigenvalue weighted by Crippen LogP contribution is 2.65. The molecule has 0 aromatic heterocycles. The van der Waals surface area contributed by atoms with Crippen LogP contribution in [-0.2, 0) is 4.79 Å². The smallest absolute Gasteiger partial charge is 0.145 e. The first-order valence-electron chi connectivity index (χ1n) is 16.6. The molecule has 5 rings (SSSR count). The molecule has 5 fully saturated rings. The van der Waals surface area contributed by atoms with Crippen molar-refractivity contribution in [3.8, 4) is 0 Å². The maximum absolute atomic E-state index is 13.8. The number of Topliss-reactive ketones (excluding diaryl/α,β-unsaturated/α-hetero) is 1. The second-order valence-corrected chi connectivity index (χ2v) is 14.6. The number of hydrogen-bond donors (Lipinski definition) is 0. The van der Waals surface area contributed by atoms with E-state index < -0.39 is 0 Å². The summed E-state index contributed by atoms with van der Waals surface area (Å²) in [5.74, 6) is 6.68. The predicted octanol–water partition coefficient (Wildman–Crippen LogP) is 10.3. The van der Waals surface area contributed by atoms with Gasteiger partial charge in [0.1, 0.15) is 5.78 Å². The molecule has 0 aromatic carbocycles. The lowest BCUT2D eigenvalue weighted by Gasteiger charge is -2.60. The summed E-state index contributed by atoms with van der Waals surface area (Å²) in [5.41, 5.74) is 0.276. The van der Waals surface area contributed by atoms with Crippen molar-refractivity contribution in [2.75, 3.05) is 0 Å². The third-order valence-electron chi connectivity index (χ3n) is 12.7. The normalized spacial score (nSPS) is 44.5. The van der Waals surface area contributed by atoms with Crippen LogP contribution in [0, 0.1) is 46.3 Å². The van der Waals surface area contributed by atoms with Crippen LogP contribution in [0.1, 0.15) is 162 Å². The van der Waals surface area contributed by atoms with E-state index >= 15 is 0 Å².